The normalized spacial score (nSPS) is 17.6. The fourth-order valence-electron chi connectivity index (χ4n) is 2.05. The third-order valence-electron chi connectivity index (χ3n) is 3.17. The van der Waals surface area contributed by atoms with Crippen LogP contribution < -0.4 is 11.1 Å². The molecule has 0 radical (unpaired) electrons. The highest BCUT2D eigenvalue weighted by molar-refractivity contribution is 7.89. The third kappa shape index (κ3) is 2.75. The van der Waals surface area contributed by atoms with E-state index >= 15 is 0 Å². The molecule has 1 fully saturated rings. The maximum atomic E-state index is 13.5. The van der Waals surface area contributed by atoms with Crippen molar-refractivity contribution < 1.29 is 17.6 Å². The molecule has 1 amide bonds. The zero-order chi connectivity index (χ0) is 14.9. The van der Waals surface area contributed by atoms with Gasteiger partial charge in [0.1, 0.15) is 5.82 Å². The molecule has 0 aliphatic carbocycles. The van der Waals surface area contributed by atoms with Gasteiger partial charge in [-0.3, -0.25) is 4.79 Å². The first-order valence-electron chi connectivity index (χ1n) is 6.15. The molecule has 1 heterocycles. The second-order valence-corrected chi connectivity index (χ2v) is 6.59. The smallest absolute Gasteiger partial charge is 0.243 e. The number of hydrogen-bond donors (Lipinski definition) is 2. The molecule has 0 atom stereocenters. The number of nitrogens with one attached hydrogen (secondary N) is 1. The molecule has 3 N–H and O–H groups in total. The van der Waals surface area contributed by atoms with Crippen LogP contribution in [0.3, 0.4) is 0 Å². The van der Waals surface area contributed by atoms with Gasteiger partial charge >= 0.3 is 0 Å². The van der Waals surface area contributed by atoms with Crippen LogP contribution in [0.2, 0.25) is 0 Å². The van der Waals surface area contributed by atoms with Crippen molar-refractivity contribution >= 4 is 21.6 Å². The highest BCUT2D eigenvalue weighted by atomic mass is 32.2. The standard InChI is InChI=1S/C12H16FN3O3S/c1-8-6-9(7-10(14)12(8)13)20(18,19)16-4-2-11(17)15-3-5-16/h6-7H,2-5,14H2,1H3,(H,15,17). The van der Waals surface area contributed by atoms with Crippen molar-refractivity contribution in [2.75, 3.05) is 25.4 Å². The fraction of sp³-hybridized carbons (Fsp3) is 0.417. The molecule has 8 heteroatoms. The highest BCUT2D eigenvalue weighted by Crippen LogP contribution is 2.23. The van der Waals surface area contributed by atoms with E-state index in [1.54, 1.807) is 0 Å². The largest absolute Gasteiger partial charge is 0.396 e. The minimum Gasteiger partial charge on any atom is -0.396 e. The van der Waals surface area contributed by atoms with Crippen LogP contribution in [0.5, 0.6) is 0 Å². The zero-order valence-electron chi connectivity index (χ0n) is 11.0. The SMILES string of the molecule is Cc1cc(S(=O)(=O)N2CCNC(=O)CC2)cc(N)c1F. The van der Waals surface area contributed by atoms with Crippen LogP contribution in [0.1, 0.15) is 12.0 Å². The van der Waals surface area contributed by atoms with Gasteiger partial charge in [0.05, 0.1) is 10.6 Å². The van der Waals surface area contributed by atoms with Crippen molar-refractivity contribution in [2.24, 2.45) is 0 Å². The maximum Gasteiger partial charge on any atom is 0.243 e. The summed E-state index contributed by atoms with van der Waals surface area (Å²) in [7, 11) is -3.78. The first-order chi connectivity index (χ1) is 9.32. The average Bonchev–Trinajstić information content (AvgIpc) is 2.60. The van der Waals surface area contributed by atoms with E-state index < -0.39 is 15.8 Å². The van der Waals surface area contributed by atoms with E-state index in [9.17, 15) is 17.6 Å². The van der Waals surface area contributed by atoms with Gasteiger partial charge < -0.3 is 11.1 Å². The Bertz CT molecular complexity index is 622. The number of rotatable bonds is 2. The third-order valence-corrected chi connectivity index (χ3v) is 5.04. The Morgan fingerprint density at radius 1 is 1.35 bits per heavy atom. The van der Waals surface area contributed by atoms with Crippen molar-refractivity contribution in [3.05, 3.63) is 23.5 Å². The second kappa shape index (κ2) is 5.37. The Morgan fingerprint density at radius 3 is 2.70 bits per heavy atom. The number of sulfonamides is 1. The number of benzene rings is 1. The van der Waals surface area contributed by atoms with Gasteiger partial charge in [-0.15, -0.1) is 0 Å². The van der Waals surface area contributed by atoms with Gasteiger partial charge in [0.2, 0.25) is 15.9 Å². The molecular formula is C12H16FN3O3S. The first kappa shape index (κ1) is 14.7. The summed E-state index contributed by atoms with van der Waals surface area (Å²) >= 11 is 0. The van der Waals surface area contributed by atoms with Gasteiger partial charge in [0, 0.05) is 26.1 Å². The molecule has 0 bridgehead atoms. The minimum atomic E-state index is -3.78. The molecule has 20 heavy (non-hydrogen) atoms. The zero-order valence-corrected chi connectivity index (χ0v) is 11.8. The summed E-state index contributed by atoms with van der Waals surface area (Å²) in [6, 6.07) is 2.36. The van der Waals surface area contributed by atoms with Gasteiger partial charge in [-0.05, 0) is 24.6 Å². The summed E-state index contributed by atoms with van der Waals surface area (Å²) in [5.41, 5.74) is 5.45. The van der Waals surface area contributed by atoms with Gasteiger partial charge in [-0.2, -0.15) is 4.31 Å². The maximum absolute atomic E-state index is 13.5. The molecular weight excluding hydrogens is 285 g/mol. The van der Waals surface area contributed by atoms with Crippen LogP contribution in [-0.2, 0) is 14.8 Å². The number of halogens is 1. The molecule has 110 valence electrons. The van der Waals surface area contributed by atoms with Crippen LogP contribution in [0.15, 0.2) is 17.0 Å². The Hall–Kier alpha value is -1.67. The molecule has 0 spiro atoms. The van der Waals surface area contributed by atoms with E-state index in [1.165, 1.54) is 17.3 Å². The number of amides is 1. The number of anilines is 1. The molecule has 1 aliphatic rings. The van der Waals surface area contributed by atoms with Gasteiger partial charge in [0.15, 0.2) is 0 Å². The van der Waals surface area contributed by atoms with Crippen molar-refractivity contribution in [3.63, 3.8) is 0 Å². The Labute approximate surface area is 116 Å². The average molecular weight is 301 g/mol. The highest BCUT2D eigenvalue weighted by Gasteiger charge is 2.27. The number of nitrogens with two attached hydrogens (primary N) is 1. The van der Waals surface area contributed by atoms with Crippen LogP contribution >= 0.6 is 0 Å². The number of carbonyl (C=O) groups excluding carboxylic acids is 1. The van der Waals surface area contributed by atoms with Gasteiger partial charge in [-0.1, -0.05) is 0 Å². The summed E-state index contributed by atoms with van der Waals surface area (Å²) in [6.07, 6.45) is 0.106. The molecule has 0 unspecified atom stereocenters. The monoisotopic (exact) mass is 301 g/mol. The van der Waals surface area contributed by atoms with Gasteiger partial charge in [0.25, 0.3) is 0 Å². The predicted octanol–water partition coefficient (Wildman–Crippen LogP) is 0.227. The quantitative estimate of drug-likeness (QED) is 0.765. The molecule has 1 aromatic rings. The van der Waals surface area contributed by atoms with Crippen molar-refractivity contribution in [1.29, 1.82) is 0 Å². The minimum absolute atomic E-state index is 0.0525. The molecule has 6 nitrogen and oxygen atoms in total. The van der Waals surface area contributed by atoms with Crippen LogP contribution in [0, 0.1) is 12.7 Å². The Kier molecular flexibility index (Phi) is 3.96. The van der Waals surface area contributed by atoms with E-state index in [0.717, 1.165) is 6.07 Å². The van der Waals surface area contributed by atoms with E-state index in [0.29, 0.717) is 0 Å². The lowest BCUT2D eigenvalue weighted by Gasteiger charge is -2.20. The summed E-state index contributed by atoms with van der Waals surface area (Å²) < 4.78 is 39.6. The first-order valence-corrected chi connectivity index (χ1v) is 7.59. The number of hydrogen-bond acceptors (Lipinski definition) is 4. The molecule has 1 aliphatic heterocycles. The lowest BCUT2D eigenvalue weighted by molar-refractivity contribution is -0.120. The van der Waals surface area contributed by atoms with E-state index in [2.05, 4.69) is 5.32 Å². The molecule has 0 aromatic heterocycles. The van der Waals surface area contributed by atoms with Crippen LogP contribution in [0.4, 0.5) is 10.1 Å². The summed E-state index contributed by atoms with van der Waals surface area (Å²) in [4.78, 5) is 11.2. The van der Waals surface area contributed by atoms with Crippen LogP contribution in [-0.4, -0.2) is 38.3 Å². The summed E-state index contributed by atoms with van der Waals surface area (Å²) in [5, 5.41) is 2.60. The second-order valence-electron chi connectivity index (χ2n) is 4.65. The molecule has 1 saturated heterocycles. The Balaban J connectivity index is 2.37. The number of nitrogens with zero attached hydrogens (tertiary/aromatic N) is 1. The fourth-order valence-corrected chi connectivity index (χ4v) is 3.61. The Morgan fingerprint density at radius 2 is 2.05 bits per heavy atom. The van der Waals surface area contributed by atoms with E-state index in [-0.39, 0.29) is 48.1 Å². The molecule has 0 saturated carbocycles. The van der Waals surface area contributed by atoms with Crippen molar-refractivity contribution in [3.8, 4) is 0 Å². The van der Waals surface area contributed by atoms with E-state index in [4.69, 9.17) is 5.73 Å². The van der Waals surface area contributed by atoms with Crippen LogP contribution in [0.25, 0.3) is 0 Å². The molecule has 2 rings (SSSR count). The van der Waals surface area contributed by atoms with E-state index in [1.807, 2.05) is 0 Å². The predicted molar refractivity (Wildman–Crippen MR) is 71.9 cm³/mol. The summed E-state index contributed by atoms with van der Waals surface area (Å²) in [6.45, 7) is 2.00. The lowest BCUT2D eigenvalue weighted by atomic mass is 10.2. The summed E-state index contributed by atoms with van der Waals surface area (Å²) in [5.74, 6) is -0.797. The lowest BCUT2D eigenvalue weighted by Crippen LogP contribution is -2.34. The van der Waals surface area contributed by atoms with Gasteiger partial charge in [-0.25, -0.2) is 12.8 Å². The topological polar surface area (TPSA) is 92.5 Å². The number of nitrogen functional groups attached to an aromatic ring is 1. The number of carbonyl (C=O) groups is 1. The van der Waals surface area contributed by atoms with Crippen molar-refractivity contribution in [2.45, 2.75) is 18.2 Å². The van der Waals surface area contributed by atoms with Crippen molar-refractivity contribution in [1.82, 2.24) is 9.62 Å². The number of aryl methyl sites for hydroxylation is 1. The molecule has 1 aromatic carbocycles.